The minimum atomic E-state index is -0.0566. The van der Waals surface area contributed by atoms with Crippen LogP contribution in [0.4, 0.5) is 0 Å². The molecule has 0 spiro atoms. The van der Waals surface area contributed by atoms with Crippen molar-refractivity contribution in [2.75, 3.05) is 13.1 Å². The summed E-state index contributed by atoms with van der Waals surface area (Å²) in [6.45, 7) is 3.67. The lowest BCUT2D eigenvalue weighted by Crippen LogP contribution is -2.41. The highest BCUT2D eigenvalue weighted by Gasteiger charge is 2.32. The molecule has 0 aromatic heterocycles. The van der Waals surface area contributed by atoms with Crippen molar-refractivity contribution in [1.29, 1.82) is 0 Å². The van der Waals surface area contributed by atoms with Gasteiger partial charge in [0.05, 0.1) is 10.9 Å². The molecule has 2 heteroatoms. The molecule has 154 valence electrons. The summed E-state index contributed by atoms with van der Waals surface area (Å²) in [7, 11) is -0.0566. The molecular weight excluding hydrogens is 382 g/mol. The van der Waals surface area contributed by atoms with Crippen LogP contribution in [-0.2, 0) is 17.4 Å². The molecule has 1 aliphatic heterocycles. The van der Waals surface area contributed by atoms with Gasteiger partial charge in [0.1, 0.15) is 0 Å². The van der Waals surface area contributed by atoms with Crippen LogP contribution < -0.4 is 0 Å². The first-order valence-electron chi connectivity index (χ1n) is 11.5. The molecule has 1 saturated carbocycles. The molecule has 2 fully saturated rings. The smallest absolute Gasteiger partial charge is 0.166 e. The van der Waals surface area contributed by atoms with E-state index in [2.05, 4.69) is 89.8 Å². The summed E-state index contributed by atoms with van der Waals surface area (Å²) in [6, 6.07) is 31.4. The molecule has 1 saturated heterocycles. The van der Waals surface area contributed by atoms with Crippen LogP contribution in [0.25, 0.3) is 0 Å². The zero-order chi connectivity index (χ0) is 20.2. The monoisotopic (exact) mass is 414 g/mol. The number of likely N-dealkylation sites (tertiary alicyclic amines) is 1. The molecule has 5 rings (SSSR count). The second kappa shape index (κ2) is 9.41. The van der Waals surface area contributed by atoms with Crippen molar-refractivity contribution < 1.29 is 0 Å². The number of nitrogens with zero attached hydrogens (tertiary/aromatic N) is 1. The van der Waals surface area contributed by atoms with E-state index in [0.717, 1.165) is 18.4 Å². The number of fused-ring (bicyclic) bond motifs is 1. The minimum Gasteiger partial charge on any atom is -0.299 e. The maximum absolute atomic E-state index is 2.72. The molecule has 2 aliphatic rings. The average molecular weight is 415 g/mol. The molecule has 30 heavy (non-hydrogen) atoms. The first kappa shape index (κ1) is 19.9. The SMILES string of the molecule is c1ccc([S+](c2ccccc2)c2cccc(CN3CCC4CCCCC4C3)c2)cc1. The first-order valence-corrected chi connectivity index (χ1v) is 12.7. The molecule has 0 bridgehead atoms. The summed E-state index contributed by atoms with van der Waals surface area (Å²) in [5, 5.41) is 0. The van der Waals surface area contributed by atoms with E-state index in [1.54, 1.807) is 0 Å². The number of piperidine rings is 1. The van der Waals surface area contributed by atoms with Gasteiger partial charge in [-0.2, -0.15) is 0 Å². The molecule has 0 amide bonds. The molecule has 3 aromatic rings. The number of rotatable bonds is 5. The normalized spacial score (nSPS) is 22.0. The Bertz CT molecular complexity index is 900. The Balaban J connectivity index is 1.39. The summed E-state index contributed by atoms with van der Waals surface area (Å²) >= 11 is 0. The lowest BCUT2D eigenvalue weighted by molar-refractivity contribution is 0.0820. The highest BCUT2D eigenvalue weighted by atomic mass is 32.2. The maximum Gasteiger partial charge on any atom is 0.166 e. The van der Waals surface area contributed by atoms with E-state index in [4.69, 9.17) is 0 Å². The summed E-state index contributed by atoms with van der Waals surface area (Å²) in [5.41, 5.74) is 1.46. The molecule has 0 radical (unpaired) electrons. The number of hydrogen-bond donors (Lipinski definition) is 0. The molecule has 0 N–H and O–H groups in total. The van der Waals surface area contributed by atoms with Crippen molar-refractivity contribution >= 4 is 10.9 Å². The quantitative estimate of drug-likeness (QED) is 0.415. The van der Waals surface area contributed by atoms with Crippen LogP contribution in [0.2, 0.25) is 0 Å². The Morgan fingerprint density at radius 1 is 0.667 bits per heavy atom. The predicted octanol–water partition coefficient (Wildman–Crippen LogP) is 6.79. The molecule has 2 atom stereocenters. The fraction of sp³-hybridized carbons (Fsp3) is 0.357. The van der Waals surface area contributed by atoms with E-state index in [-0.39, 0.29) is 10.9 Å². The van der Waals surface area contributed by atoms with Crippen LogP contribution >= 0.6 is 0 Å². The lowest BCUT2D eigenvalue weighted by Gasteiger charge is -2.41. The zero-order valence-corrected chi connectivity index (χ0v) is 18.6. The standard InChI is InChI=1S/C28H32NS/c1-3-13-26(14-4-1)30(27-15-5-2-6-16-27)28-17-9-10-23(20-28)21-29-19-18-24-11-7-8-12-25(24)22-29/h1-6,9-10,13-17,20,24-25H,7-8,11-12,18-19,21-22H2/q+1. The van der Waals surface area contributed by atoms with Crippen LogP contribution in [0.5, 0.6) is 0 Å². The van der Waals surface area contributed by atoms with Crippen molar-refractivity contribution in [3.8, 4) is 0 Å². The van der Waals surface area contributed by atoms with Gasteiger partial charge in [0, 0.05) is 13.1 Å². The van der Waals surface area contributed by atoms with Crippen LogP contribution in [0, 0.1) is 11.8 Å². The van der Waals surface area contributed by atoms with Crippen LogP contribution in [0.15, 0.2) is 99.6 Å². The molecule has 1 aliphatic carbocycles. The third kappa shape index (κ3) is 4.50. The second-order valence-corrected chi connectivity index (χ2v) is 10.9. The van der Waals surface area contributed by atoms with E-state index in [1.165, 1.54) is 65.4 Å². The Morgan fingerprint density at radius 3 is 2.00 bits per heavy atom. The van der Waals surface area contributed by atoms with Gasteiger partial charge in [0.2, 0.25) is 0 Å². The van der Waals surface area contributed by atoms with Gasteiger partial charge in [0.25, 0.3) is 0 Å². The summed E-state index contributed by atoms with van der Waals surface area (Å²) in [6.07, 6.45) is 7.24. The van der Waals surface area contributed by atoms with Crippen LogP contribution in [0.1, 0.15) is 37.7 Å². The number of hydrogen-bond acceptors (Lipinski definition) is 1. The Kier molecular flexibility index (Phi) is 6.24. The predicted molar refractivity (Wildman–Crippen MR) is 127 cm³/mol. The van der Waals surface area contributed by atoms with E-state index in [0.29, 0.717) is 0 Å². The molecular formula is C28H32NS+. The van der Waals surface area contributed by atoms with Gasteiger partial charge < -0.3 is 0 Å². The molecule has 1 heterocycles. The fourth-order valence-electron chi connectivity index (χ4n) is 5.37. The van der Waals surface area contributed by atoms with Crippen molar-refractivity contribution in [2.45, 2.75) is 53.3 Å². The van der Waals surface area contributed by atoms with E-state index >= 15 is 0 Å². The lowest BCUT2D eigenvalue weighted by atomic mass is 9.75. The largest absolute Gasteiger partial charge is 0.299 e. The topological polar surface area (TPSA) is 3.24 Å². The van der Waals surface area contributed by atoms with Crippen molar-refractivity contribution in [3.63, 3.8) is 0 Å². The second-order valence-electron chi connectivity index (χ2n) is 8.91. The first-order chi connectivity index (χ1) is 14.9. The van der Waals surface area contributed by atoms with Gasteiger partial charge in [0.15, 0.2) is 14.7 Å². The number of benzene rings is 3. The fourth-order valence-corrected chi connectivity index (χ4v) is 7.53. The van der Waals surface area contributed by atoms with E-state index in [1.807, 2.05) is 0 Å². The Morgan fingerprint density at radius 2 is 1.30 bits per heavy atom. The summed E-state index contributed by atoms with van der Waals surface area (Å²) < 4.78 is 0. The minimum absolute atomic E-state index is 0.0566. The average Bonchev–Trinajstić information content (AvgIpc) is 2.81. The Hall–Kier alpha value is -2.03. The highest BCUT2D eigenvalue weighted by molar-refractivity contribution is 7.97. The van der Waals surface area contributed by atoms with Crippen LogP contribution in [-0.4, -0.2) is 18.0 Å². The van der Waals surface area contributed by atoms with Crippen molar-refractivity contribution in [3.05, 3.63) is 90.5 Å². The Labute approximate surface area is 184 Å². The van der Waals surface area contributed by atoms with E-state index in [9.17, 15) is 0 Å². The maximum atomic E-state index is 2.72. The van der Waals surface area contributed by atoms with Crippen LogP contribution in [0.3, 0.4) is 0 Å². The van der Waals surface area contributed by atoms with Gasteiger partial charge in [-0.05, 0) is 73.2 Å². The molecule has 1 nitrogen and oxygen atoms in total. The highest BCUT2D eigenvalue weighted by Crippen LogP contribution is 2.37. The third-order valence-electron chi connectivity index (χ3n) is 6.87. The summed E-state index contributed by atoms with van der Waals surface area (Å²) in [5.74, 6) is 1.95. The van der Waals surface area contributed by atoms with Crippen molar-refractivity contribution in [1.82, 2.24) is 4.90 Å². The van der Waals surface area contributed by atoms with Gasteiger partial charge in [-0.1, -0.05) is 67.8 Å². The van der Waals surface area contributed by atoms with Gasteiger partial charge in [-0.25, -0.2) is 0 Å². The zero-order valence-electron chi connectivity index (χ0n) is 17.7. The van der Waals surface area contributed by atoms with Gasteiger partial charge in [-0.3, -0.25) is 4.90 Å². The summed E-state index contributed by atoms with van der Waals surface area (Å²) in [4.78, 5) is 6.93. The van der Waals surface area contributed by atoms with E-state index < -0.39 is 0 Å². The van der Waals surface area contributed by atoms with Crippen molar-refractivity contribution in [2.24, 2.45) is 11.8 Å². The van der Waals surface area contributed by atoms with Gasteiger partial charge >= 0.3 is 0 Å². The molecule has 2 unspecified atom stereocenters. The van der Waals surface area contributed by atoms with Gasteiger partial charge in [-0.15, -0.1) is 0 Å². The molecule has 3 aromatic carbocycles. The third-order valence-corrected chi connectivity index (χ3v) is 9.09.